The van der Waals surface area contributed by atoms with E-state index in [1.807, 2.05) is 26.0 Å². The largest absolute Gasteiger partial charge is 0.544 e. The van der Waals surface area contributed by atoms with Crippen LogP contribution < -0.4 is 21.5 Å². The van der Waals surface area contributed by atoms with Gasteiger partial charge in [0.1, 0.15) is 19.1 Å². The van der Waals surface area contributed by atoms with Gasteiger partial charge in [0.25, 0.3) is 0 Å². The Kier molecular flexibility index (Phi) is 6.14. The summed E-state index contributed by atoms with van der Waals surface area (Å²) in [6, 6.07) is 4.73. The third kappa shape index (κ3) is 4.64. The number of carbonyl (C=O) groups is 2. The van der Waals surface area contributed by atoms with Crippen LogP contribution in [0.1, 0.15) is 17.5 Å². The van der Waals surface area contributed by atoms with Crippen molar-refractivity contribution in [2.24, 2.45) is 0 Å². The van der Waals surface area contributed by atoms with Crippen molar-refractivity contribution in [3.05, 3.63) is 29.3 Å². The van der Waals surface area contributed by atoms with E-state index in [9.17, 15) is 14.7 Å². The van der Waals surface area contributed by atoms with Crippen molar-refractivity contribution in [2.75, 3.05) is 18.4 Å². The number of nitrogens with one attached hydrogen (secondary N) is 1. The first-order valence-electron chi connectivity index (χ1n) is 6.65. The fourth-order valence-corrected chi connectivity index (χ4v) is 1.87. The maximum Gasteiger partial charge on any atom is 0.230 e. The average molecular weight is 280 g/mol. The third-order valence-corrected chi connectivity index (χ3v) is 3.24. The number of carbonyl (C=O) groups excluding carboxylic acids is 2. The second-order valence-corrected chi connectivity index (χ2v) is 4.80. The number of rotatable bonds is 7. The molecule has 0 fully saturated rings. The summed E-state index contributed by atoms with van der Waals surface area (Å²) >= 11 is 0. The number of carboxylic acid groups (broad SMARTS) is 1. The molecule has 0 spiro atoms. The molecule has 0 aromatic heterocycles. The monoisotopic (exact) mass is 280 g/mol. The topological polar surface area (TPSA) is 113 Å². The molecule has 0 saturated heterocycles. The Balaban J connectivity index is 2.66. The first-order chi connectivity index (χ1) is 9.45. The highest BCUT2D eigenvalue weighted by Crippen LogP contribution is 2.18. The maximum atomic E-state index is 11.9. The van der Waals surface area contributed by atoms with Gasteiger partial charge in [0.2, 0.25) is 5.91 Å². The molecule has 6 nitrogen and oxygen atoms in total. The number of hydrogen-bond donors (Lipinski definition) is 3. The predicted octanol–water partition coefficient (Wildman–Crippen LogP) is -2.44. The van der Waals surface area contributed by atoms with Crippen LogP contribution in [0.25, 0.3) is 0 Å². The number of aliphatic carboxylic acids is 1. The Morgan fingerprint density at radius 2 is 2.10 bits per heavy atom. The minimum absolute atomic E-state index is 0.115. The van der Waals surface area contributed by atoms with Crippen molar-refractivity contribution >= 4 is 17.6 Å². The van der Waals surface area contributed by atoms with Gasteiger partial charge in [-0.05, 0) is 31.0 Å². The Morgan fingerprint density at radius 3 is 2.70 bits per heavy atom. The number of aryl methyl sites for hydroxylation is 1. The van der Waals surface area contributed by atoms with Crippen LogP contribution in [0.2, 0.25) is 0 Å². The number of hydrogen-bond acceptors (Lipinski definition) is 3. The summed E-state index contributed by atoms with van der Waals surface area (Å²) in [7, 11) is 0. The zero-order chi connectivity index (χ0) is 15.1. The van der Waals surface area contributed by atoms with Gasteiger partial charge in [-0.2, -0.15) is 0 Å². The lowest BCUT2D eigenvalue weighted by Crippen LogP contribution is -2.95. The quantitative estimate of drug-likeness (QED) is 0.515. The van der Waals surface area contributed by atoms with Gasteiger partial charge in [0.05, 0.1) is 12.4 Å². The lowest BCUT2D eigenvalue weighted by atomic mass is 10.1. The van der Waals surface area contributed by atoms with E-state index in [1.165, 1.54) is 0 Å². The van der Waals surface area contributed by atoms with E-state index in [2.05, 4.69) is 11.1 Å². The SMILES string of the molecule is Cc1cccc(NC(=O)C[C@@H]([NH2+]CC[NH3+])C(=O)[O-])c1C. The molecule has 6 N–H and O–H groups in total. The molecule has 0 aliphatic heterocycles. The maximum absolute atomic E-state index is 11.9. The van der Waals surface area contributed by atoms with Gasteiger partial charge in [0.15, 0.2) is 0 Å². The Labute approximate surface area is 118 Å². The highest BCUT2D eigenvalue weighted by molar-refractivity contribution is 5.94. The molecular weight excluding hydrogens is 258 g/mol. The highest BCUT2D eigenvalue weighted by atomic mass is 16.4. The molecule has 20 heavy (non-hydrogen) atoms. The zero-order valence-electron chi connectivity index (χ0n) is 11.9. The van der Waals surface area contributed by atoms with Crippen molar-refractivity contribution in [1.29, 1.82) is 0 Å². The predicted molar refractivity (Wildman–Crippen MR) is 72.5 cm³/mol. The average Bonchev–Trinajstić information content (AvgIpc) is 2.39. The van der Waals surface area contributed by atoms with Gasteiger partial charge >= 0.3 is 0 Å². The summed E-state index contributed by atoms with van der Waals surface area (Å²) in [5, 5.41) is 15.3. The zero-order valence-corrected chi connectivity index (χ0v) is 11.9. The van der Waals surface area contributed by atoms with E-state index in [4.69, 9.17) is 0 Å². The van der Waals surface area contributed by atoms with Gasteiger partial charge in [-0.15, -0.1) is 0 Å². The first-order valence-corrected chi connectivity index (χ1v) is 6.65. The third-order valence-electron chi connectivity index (χ3n) is 3.24. The van der Waals surface area contributed by atoms with Crippen LogP contribution in [-0.2, 0) is 9.59 Å². The minimum Gasteiger partial charge on any atom is -0.544 e. The summed E-state index contributed by atoms with van der Waals surface area (Å²) in [4.78, 5) is 22.9. The van der Waals surface area contributed by atoms with E-state index in [0.717, 1.165) is 11.1 Å². The van der Waals surface area contributed by atoms with E-state index >= 15 is 0 Å². The smallest absolute Gasteiger partial charge is 0.230 e. The summed E-state index contributed by atoms with van der Waals surface area (Å²) in [5.74, 6) is -1.55. The molecule has 0 bridgehead atoms. The van der Waals surface area contributed by atoms with Crippen molar-refractivity contribution in [2.45, 2.75) is 26.3 Å². The van der Waals surface area contributed by atoms with Gasteiger partial charge in [0, 0.05) is 5.69 Å². The molecule has 0 radical (unpaired) electrons. The van der Waals surface area contributed by atoms with Crippen LogP contribution >= 0.6 is 0 Å². The Morgan fingerprint density at radius 1 is 1.40 bits per heavy atom. The fourth-order valence-electron chi connectivity index (χ4n) is 1.87. The standard InChI is InChI=1S/C14H21N3O3/c1-9-4-3-5-11(10(9)2)17-13(18)8-12(14(19)20)16-7-6-15/h3-5,12,16H,6-8,15H2,1-2H3,(H,17,18)(H,19,20)/p+1/t12-/m1/s1. The number of carboxylic acids is 1. The molecule has 0 saturated carbocycles. The van der Waals surface area contributed by atoms with Crippen molar-refractivity contribution in [3.63, 3.8) is 0 Å². The number of benzene rings is 1. The first kappa shape index (κ1) is 16.1. The van der Waals surface area contributed by atoms with Crippen molar-refractivity contribution < 1.29 is 25.7 Å². The Hall–Kier alpha value is -1.92. The van der Waals surface area contributed by atoms with E-state index < -0.39 is 12.0 Å². The van der Waals surface area contributed by atoms with Crippen LogP contribution in [0.15, 0.2) is 18.2 Å². The number of nitrogens with two attached hydrogens (primary N) is 1. The van der Waals surface area contributed by atoms with Gasteiger partial charge in [-0.1, -0.05) is 12.1 Å². The van der Waals surface area contributed by atoms with Gasteiger partial charge in [-0.3, -0.25) is 4.79 Å². The fraction of sp³-hybridized carbons (Fsp3) is 0.429. The second-order valence-electron chi connectivity index (χ2n) is 4.80. The molecule has 6 heteroatoms. The summed E-state index contributed by atoms with van der Waals surface area (Å²) in [5.41, 5.74) is 6.40. The van der Waals surface area contributed by atoms with Crippen LogP contribution in [0.3, 0.4) is 0 Å². The van der Waals surface area contributed by atoms with Crippen molar-refractivity contribution in [1.82, 2.24) is 0 Å². The van der Waals surface area contributed by atoms with Gasteiger partial charge < -0.3 is 26.3 Å². The number of amides is 1. The number of quaternary nitrogens is 2. The molecule has 1 aromatic rings. The lowest BCUT2D eigenvalue weighted by molar-refractivity contribution is -0.695. The molecule has 1 aromatic carbocycles. The minimum atomic E-state index is -1.23. The second kappa shape index (κ2) is 7.62. The van der Waals surface area contributed by atoms with Crippen LogP contribution in [0.5, 0.6) is 0 Å². The lowest BCUT2D eigenvalue weighted by Gasteiger charge is -2.16. The molecule has 110 valence electrons. The molecular formula is C14H22N3O3+. The molecule has 0 aliphatic rings. The molecule has 1 rings (SSSR count). The van der Waals surface area contributed by atoms with Crippen LogP contribution in [0, 0.1) is 13.8 Å². The van der Waals surface area contributed by atoms with Crippen LogP contribution in [0.4, 0.5) is 5.69 Å². The molecule has 0 unspecified atom stereocenters. The molecule has 0 aliphatic carbocycles. The summed E-state index contributed by atoms with van der Waals surface area (Å²) < 4.78 is 0. The van der Waals surface area contributed by atoms with E-state index in [0.29, 0.717) is 18.8 Å². The van der Waals surface area contributed by atoms with Crippen LogP contribution in [-0.4, -0.2) is 31.0 Å². The normalized spacial score (nSPS) is 11.9. The Bertz CT molecular complexity index is 489. The van der Waals surface area contributed by atoms with E-state index in [-0.39, 0.29) is 12.3 Å². The van der Waals surface area contributed by atoms with E-state index in [1.54, 1.807) is 11.4 Å². The number of anilines is 1. The van der Waals surface area contributed by atoms with Gasteiger partial charge in [-0.25, -0.2) is 0 Å². The molecule has 0 heterocycles. The summed E-state index contributed by atoms with van der Waals surface area (Å²) in [6.45, 7) is 5.02. The van der Waals surface area contributed by atoms with Crippen molar-refractivity contribution in [3.8, 4) is 0 Å². The molecule has 1 amide bonds. The summed E-state index contributed by atoms with van der Waals surface area (Å²) in [6.07, 6.45) is -0.115. The molecule has 1 atom stereocenters. The highest BCUT2D eigenvalue weighted by Gasteiger charge is 2.18.